The first-order chi connectivity index (χ1) is 10.8. The standard InChI is InChI=1S/C18H41N3O/c1-2-3-4-5-6-7-8-9-10-11-14-20-16-18(22)17-21-15-12-13-19/h18,20-22H,2-17,19H2,1H3. The van der Waals surface area contributed by atoms with Crippen molar-refractivity contribution in [3.63, 3.8) is 0 Å². The molecule has 0 spiro atoms. The van der Waals surface area contributed by atoms with Crippen LogP contribution in [0.15, 0.2) is 0 Å². The van der Waals surface area contributed by atoms with Crippen LogP contribution in [0.1, 0.15) is 77.6 Å². The molecule has 0 aliphatic heterocycles. The van der Waals surface area contributed by atoms with E-state index in [0.717, 1.165) is 19.5 Å². The van der Waals surface area contributed by atoms with Gasteiger partial charge in [0.1, 0.15) is 0 Å². The van der Waals surface area contributed by atoms with Crippen LogP contribution in [0.5, 0.6) is 0 Å². The molecule has 22 heavy (non-hydrogen) atoms. The molecule has 0 aromatic rings. The van der Waals surface area contributed by atoms with Crippen molar-refractivity contribution in [2.75, 3.05) is 32.7 Å². The summed E-state index contributed by atoms with van der Waals surface area (Å²) in [5.74, 6) is 0. The van der Waals surface area contributed by atoms with Gasteiger partial charge in [-0.2, -0.15) is 0 Å². The molecule has 4 heteroatoms. The Bertz CT molecular complexity index is 203. The van der Waals surface area contributed by atoms with Gasteiger partial charge in [-0.15, -0.1) is 0 Å². The van der Waals surface area contributed by atoms with Crippen molar-refractivity contribution in [1.29, 1.82) is 0 Å². The van der Waals surface area contributed by atoms with Crippen LogP contribution in [-0.4, -0.2) is 43.9 Å². The summed E-state index contributed by atoms with van der Waals surface area (Å²) in [5.41, 5.74) is 5.41. The van der Waals surface area contributed by atoms with E-state index < -0.39 is 0 Å². The van der Waals surface area contributed by atoms with Gasteiger partial charge in [0.15, 0.2) is 0 Å². The molecule has 5 N–H and O–H groups in total. The van der Waals surface area contributed by atoms with E-state index in [1.54, 1.807) is 0 Å². The maximum Gasteiger partial charge on any atom is 0.0788 e. The molecule has 0 saturated heterocycles. The molecule has 0 heterocycles. The zero-order valence-corrected chi connectivity index (χ0v) is 14.9. The Morgan fingerprint density at radius 2 is 1.18 bits per heavy atom. The molecule has 0 amide bonds. The summed E-state index contributed by atoms with van der Waals surface area (Å²) < 4.78 is 0. The van der Waals surface area contributed by atoms with Gasteiger partial charge in [0.25, 0.3) is 0 Å². The zero-order valence-electron chi connectivity index (χ0n) is 14.9. The largest absolute Gasteiger partial charge is 0.390 e. The van der Waals surface area contributed by atoms with Gasteiger partial charge < -0.3 is 21.5 Å². The average Bonchev–Trinajstić information content (AvgIpc) is 2.52. The lowest BCUT2D eigenvalue weighted by Gasteiger charge is -2.12. The minimum atomic E-state index is -0.291. The Morgan fingerprint density at radius 1 is 0.727 bits per heavy atom. The minimum Gasteiger partial charge on any atom is -0.390 e. The first-order valence-electron chi connectivity index (χ1n) is 9.60. The Hall–Kier alpha value is -0.160. The third-order valence-electron chi connectivity index (χ3n) is 4.02. The smallest absolute Gasteiger partial charge is 0.0788 e. The van der Waals surface area contributed by atoms with E-state index in [0.29, 0.717) is 19.6 Å². The fourth-order valence-corrected chi connectivity index (χ4v) is 2.57. The van der Waals surface area contributed by atoms with Gasteiger partial charge in [-0.25, -0.2) is 0 Å². The van der Waals surface area contributed by atoms with Crippen LogP contribution < -0.4 is 16.4 Å². The predicted octanol–water partition coefficient (Wildman–Crippen LogP) is 2.80. The van der Waals surface area contributed by atoms with E-state index in [4.69, 9.17) is 5.73 Å². The molecule has 0 aliphatic carbocycles. The number of aliphatic hydroxyl groups is 1. The second-order valence-corrected chi connectivity index (χ2v) is 6.39. The quantitative estimate of drug-likeness (QED) is 0.294. The number of hydrogen-bond donors (Lipinski definition) is 4. The maximum absolute atomic E-state index is 9.75. The van der Waals surface area contributed by atoms with Gasteiger partial charge in [0.05, 0.1) is 6.10 Å². The molecule has 0 bridgehead atoms. The highest BCUT2D eigenvalue weighted by Gasteiger charge is 2.02. The molecule has 0 fully saturated rings. The van der Waals surface area contributed by atoms with E-state index in [-0.39, 0.29) is 6.10 Å². The highest BCUT2D eigenvalue weighted by Crippen LogP contribution is 2.10. The van der Waals surface area contributed by atoms with Crippen molar-refractivity contribution < 1.29 is 5.11 Å². The zero-order chi connectivity index (χ0) is 16.3. The van der Waals surface area contributed by atoms with E-state index in [1.165, 1.54) is 64.2 Å². The number of hydrogen-bond acceptors (Lipinski definition) is 4. The summed E-state index contributed by atoms with van der Waals surface area (Å²) in [4.78, 5) is 0. The van der Waals surface area contributed by atoms with E-state index in [9.17, 15) is 5.11 Å². The number of nitrogens with one attached hydrogen (secondary N) is 2. The number of nitrogens with two attached hydrogens (primary N) is 1. The second-order valence-electron chi connectivity index (χ2n) is 6.39. The molecule has 0 aliphatic rings. The molecular weight excluding hydrogens is 274 g/mol. The van der Waals surface area contributed by atoms with E-state index in [2.05, 4.69) is 17.6 Å². The van der Waals surface area contributed by atoms with Gasteiger partial charge in [-0.05, 0) is 32.5 Å². The molecule has 134 valence electrons. The van der Waals surface area contributed by atoms with Crippen LogP contribution in [0.3, 0.4) is 0 Å². The summed E-state index contributed by atoms with van der Waals surface area (Å²) in [6, 6.07) is 0. The van der Waals surface area contributed by atoms with E-state index >= 15 is 0 Å². The van der Waals surface area contributed by atoms with Gasteiger partial charge >= 0.3 is 0 Å². The van der Waals surface area contributed by atoms with Gasteiger partial charge in [0, 0.05) is 13.1 Å². The third-order valence-corrected chi connectivity index (χ3v) is 4.02. The molecular formula is C18H41N3O. The normalized spacial score (nSPS) is 12.7. The third kappa shape index (κ3) is 17.9. The first kappa shape index (κ1) is 21.8. The van der Waals surface area contributed by atoms with Gasteiger partial charge in [-0.3, -0.25) is 0 Å². The number of unbranched alkanes of at least 4 members (excludes halogenated alkanes) is 9. The average molecular weight is 316 g/mol. The van der Waals surface area contributed by atoms with Crippen LogP contribution in [-0.2, 0) is 0 Å². The van der Waals surface area contributed by atoms with E-state index in [1.807, 2.05) is 0 Å². The topological polar surface area (TPSA) is 70.3 Å². The molecule has 0 aromatic heterocycles. The Labute approximate surface area is 138 Å². The number of rotatable bonds is 18. The van der Waals surface area contributed by atoms with Crippen LogP contribution in [0, 0.1) is 0 Å². The van der Waals surface area contributed by atoms with Gasteiger partial charge in [0.2, 0.25) is 0 Å². The summed E-state index contributed by atoms with van der Waals surface area (Å²) in [6.45, 7) is 6.24. The van der Waals surface area contributed by atoms with Crippen molar-refractivity contribution in [2.45, 2.75) is 83.7 Å². The lowest BCUT2D eigenvalue weighted by atomic mass is 10.1. The van der Waals surface area contributed by atoms with Crippen molar-refractivity contribution in [3.05, 3.63) is 0 Å². The maximum atomic E-state index is 9.75. The molecule has 4 nitrogen and oxygen atoms in total. The van der Waals surface area contributed by atoms with Crippen molar-refractivity contribution >= 4 is 0 Å². The molecule has 0 rings (SSSR count). The van der Waals surface area contributed by atoms with Crippen LogP contribution in [0.4, 0.5) is 0 Å². The molecule has 1 atom stereocenters. The first-order valence-corrected chi connectivity index (χ1v) is 9.60. The molecule has 0 aromatic carbocycles. The second kappa shape index (κ2) is 18.9. The lowest BCUT2D eigenvalue weighted by molar-refractivity contribution is 0.168. The van der Waals surface area contributed by atoms with Crippen molar-refractivity contribution in [1.82, 2.24) is 10.6 Å². The molecule has 1 unspecified atom stereocenters. The molecule has 0 saturated carbocycles. The fourth-order valence-electron chi connectivity index (χ4n) is 2.57. The fraction of sp³-hybridized carbons (Fsp3) is 1.00. The summed E-state index contributed by atoms with van der Waals surface area (Å²) >= 11 is 0. The Balaban J connectivity index is 3.07. The Kier molecular flexibility index (Phi) is 18.8. The predicted molar refractivity (Wildman–Crippen MR) is 97.3 cm³/mol. The molecule has 0 radical (unpaired) electrons. The summed E-state index contributed by atoms with van der Waals surface area (Å²) in [5, 5.41) is 16.3. The lowest BCUT2D eigenvalue weighted by Crippen LogP contribution is -2.36. The minimum absolute atomic E-state index is 0.291. The SMILES string of the molecule is CCCCCCCCCCCCNCC(O)CNCCCN. The van der Waals surface area contributed by atoms with Crippen molar-refractivity contribution in [3.8, 4) is 0 Å². The monoisotopic (exact) mass is 315 g/mol. The van der Waals surface area contributed by atoms with Crippen LogP contribution in [0.2, 0.25) is 0 Å². The van der Waals surface area contributed by atoms with Gasteiger partial charge in [-0.1, -0.05) is 64.7 Å². The summed E-state index contributed by atoms with van der Waals surface area (Å²) in [7, 11) is 0. The highest BCUT2D eigenvalue weighted by atomic mass is 16.3. The Morgan fingerprint density at radius 3 is 1.68 bits per heavy atom. The number of aliphatic hydroxyl groups excluding tert-OH is 1. The van der Waals surface area contributed by atoms with Crippen molar-refractivity contribution in [2.24, 2.45) is 5.73 Å². The van der Waals surface area contributed by atoms with Crippen LogP contribution >= 0.6 is 0 Å². The summed E-state index contributed by atoms with van der Waals surface area (Å²) in [6.07, 6.45) is 14.4. The van der Waals surface area contributed by atoms with Crippen LogP contribution in [0.25, 0.3) is 0 Å². The highest BCUT2D eigenvalue weighted by molar-refractivity contribution is 4.63.